The van der Waals surface area contributed by atoms with Crippen molar-refractivity contribution in [3.63, 3.8) is 0 Å². The van der Waals surface area contributed by atoms with Crippen LogP contribution in [-0.2, 0) is 4.79 Å². The van der Waals surface area contributed by atoms with E-state index in [4.69, 9.17) is 0 Å². The van der Waals surface area contributed by atoms with Crippen LogP contribution in [0.15, 0.2) is 18.2 Å². The van der Waals surface area contributed by atoms with Gasteiger partial charge in [0.2, 0.25) is 0 Å². The van der Waals surface area contributed by atoms with Crippen molar-refractivity contribution in [3.8, 4) is 0 Å². The number of rotatable bonds is 2. The van der Waals surface area contributed by atoms with Gasteiger partial charge in [0.25, 0.3) is 0 Å². The third-order valence-corrected chi connectivity index (χ3v) is 4.27. The molecule has 1 saturated heterocycles. The van der Waals surface area contributed by atoms with Crippen molar-refractivity contribution in [1.29, 1.82) is 0 Å². The Bertz CT molecular complexity index is 552. The zero-order valence-corrected chi connectivity index (χ0v) is 18.6. The second kappa shape index (κ2) is 8.69. The Morgan fingerprint density at radius 2 is 1.79 bits per heavy atom. The summed E-state index contributed by atoms with van der Waals surface area (Å²) >= 11 is 0. The maximum Gasteiger partial charge on any atom is 0.126 e. The van der Waals surface area contributed by atoms with E-state index in [0.29, 0.717) is 37.3 Å². The summed E-state index contributed by atoms with van der Waals surface area (Å²) in [7, 11) is 0. The van der Waals surface area contributed by atoms with E-state index in [1.165, 1.54) is 12.1 Å². The average Bonchev–Trinajstić information content (AvgIpc) is 2.94. The monoisotopic (exact) mass is 562 g/mol. The molecule has 3 nitrogen and oxygen atoms in total. The SMILES string of the molecule is CC.CC1(O)C[C-](C(=O)N2CCCC2c2cc(F)cc(F)c2)C1.[U]. The van der Waals surface area contributed by atoms with Gasteiger partial charge in [0.05, 0.1) is 11.9 Å². The van der Waals surface area contributed by atoms with Gasteiger partial charge in [0, 0.05) is 49.3 Å². The molecule has 132 valence electrons. The molecular weight excluding hydrogens is 538 g/mol. The zero-order valence-electron chi connectivity index (χ0n) is 14.4. The summed E-state index contributed by atoms with van der Waals surface area (Å²) in [6.07, 6.45) is 2.29. The van der Waals surface area contributed by atoms with Gasteiger partial charge in [-0.25, -0.2) is 8.78 Å². The molecule has 0 radical (unpaired) electrons. The van der Waals surface area contributed by atoms with Crippen molar-refractivity contribution < 1.29 is 49.8 Å². The Hall–Kier alpha value is -0.568. The van der Waals surface area contributed by atoms with Gasteiger partial charge >= 0.3 is 0 Å². The molecule has 1 atom stereocenters. The molecule has 1 aliphatic heterocycles. The first-order valence-electron chi connectivity index (χ1n) is 8.20. The van der Waals surface area contributed by atoms with E-state index in [9.17, 15) is 18.7 Å². The van der Waals surface area contributed by atoms with Gasteiger partial charge in [-0.1, -0.05) is 13.8 Å². The predicted molar refractivity (Wildman–Crippen MR) is 84.5 cm³/mol. The molecule has 1 heterocycles. The maximum absolute atomic E-state index is 13.4. The molecule has 1 aliphatic carbocycles. The summed E-state index contributed by atoms with van der Waals surface area (Å²) in [5, 5.41) is 9.74. The van der Waals surface area contributed by atoms with E-state index in [1.54, 1.807) is 11.8 Å². The summed E-state index contributed by atoms with van der Waals surface area (Å²) in [5.41, 5.74) is -0.282. The van der Waals surface area contributed by atoms with Crippen LogP contribution in [0.25, 0.3) is 0 Å². The van der Waals surface area contributed by atoms with Crippen molar-refractivity contribution in [3.05, 3.63) is 41.3 Å². The van der Waals surface area contributed by atoms with Crippen LogP contribution in [0.2, 0.25) is 0 Å². The maximum atomic E-state index is 13.4. The number of nitrogens with zero attached hydrogens (tertiary/aromatic N) is 1. The second-order valence-electron chi connectivity index (χ2n) is 6.31. The number of amides is 1. The first kappa shape index (κ1) is 21.5. The fourth-order valence-corrected chi connectivity index (χ4v) is 3.35. The smallest absolute Gasteiger partial charge is 0.126 e. The number of hydrogen-bond acceptors (Lipinski definition) is 2. The topological polar surface area (TPSA) is 40.5 Å². The van der Waals surface area contributed by atoms with Crippen LogP contribution in [-0.4, -0.2) is 28.1 Å². The standard InChI is InChI=1S/C16H18F2NO2.C2H6.U/c1-16(21)8-11(9-16)15(20)19-4-2-3-14(19)10-5-12(17)7-13(18)6-10;1-2;/h5-7,14,21H,2-4,8-9H2,1H3;1-2H3;/q-1;;. The molecule has 2 fully saturated rings. The number of halogens is 2. The molecule has 6 heteroatoms. The number of benzene rings is 1. The van der Waals surface area contributed by atoms with E-state index >= 15 is 0 Å². The molecule has 0 spiro atoms. The molecule has 24 heavy (non-hydrogen) atoms. The Kier molecular flexibility index (Phi) is 7.78. The largest absolute Gasteiger partial charge is 0.395 e. The summed E-state index contributed by atoms with van der Waals surface area (Å²) in [5.74, 6) is -0.635. The molecule has 1 saturated carbocycles. The Morgan fingerprint density at radius 1 is 1.25 bits per heavy atom. The van der Waals surface area contributed by atoms with E-state index in [-0.39, 0.29) is 43.1 Å². The third kappa shape index (κ3) is 4.74. The molecular formula is C18H24F2NO2U-. The summed E-state index contributed by atoms with van der Waals surface area (Å²) in [6.45, 7) is 6.29. The van der Waals surface area contributed by atoms with Crippen molar-refractivity contribution in [1.82, 2.24) is 4.90 Å². The van der Waals surface area contributed by atoms with E-state index in [0.717, 1.165) is 12.5 Å². The van der Waals surface area contributed by atoms with Crippen LogP contribution in [0.4, 0.5) is 8.78 Å². The van der Waals surface area contributed by atoms with E-state index in [2.05, 4.69) is 0 Å². The van der Waals surface area contributed by atoms with Crippen LogP contribution >= 0.6 is 0 Å². The molecule has 1 N–H and O–H groups in total. The molecule has 1 aromatic carbocycles. The predicted octanol–water partition coefficient (Wildman–Crippen LogP) is 3.77. The van der Waals surface area contributed by atoms with Crippen molar-refractivity contribution in [2.45, 2.75) is 58.1 Å². The van der Waals surface area contributed by atoms with Crippen LogP contribution < -0.4 is 0 Å². The Labute approximate surface area is 166 Å². The van der Waals surface area contributed by atoms with Gasteiger partial charge < -0.3 is 14.8 Å². The normalized spacial score (nSPS) is 21.3. The zero-order chi connectivity index (χ0) is 17.2. The minimum absolute atomic E-state index is 0. The van der Waals surface area contributed by atoms with Crippen LogP contribution in [0.1, 0.15) is 58.1 Å². The van der Waals surface area contributed by atoms with E-state index in [1.807, 2.05) is 13.8 Å². The van der Waals surface area contributed by atoms with Crippen molar-refractivity contribution >= 4 is 5.91 Å². The molecule has 2 aliphatic rings. The van der Waals surface area contributed by atoms with Gasteiger partial charge in [-0.15, -0.1) is 12.8 Å². The molecule has 1 aromatic rings. The first-order chi connectivity index (χ1) is 10.9. The quantitative estimate of drug-likeness (QED) is 0.558. The number of aliphatic hydroxyl groups is 1. The molecule has 1 amide bonds. The fraction of sp³-hybridized carbons (Fsp3) is 0.556. The Morgan fingerprint density at radius 3 is 2.29 bits per heavy atom. The fourth-order valence-electron chi connectivity index (χ4n) is 3.35. The number of carbonyl (C=O) groups excluding carboxylic acids is 1. The minimum atomic E-state index is -0.787. The van der Waals surface area contributed by atoms with Crippen molar-refractivity contribution in [2.24, 2.45) is 0 Å². The number of carbonyl (C=O) groups is 1. The van der Waals surface area contributed by atoms with Crippen LogP contribution in [0.3, 0.4) is 0 Å². The van der Waals surface area contributed by atoms with Crippen molar-refractivity contribution in [2.75, 3.05) is 6.54 Å². The van der Waals surface area contributed by atoms with Gasteiger partial charge in [0.15, 0.2) is 0 Å². The van der Waals surface area contributed by atoms with Crippen LogP contribution in [0.5, 0.6) is 0 Å². The second-order valence-corrected chi connectivity index (χ2v) is 6.31. The van der Waals surface area contributed by atoms with Gasteiger partial charge in [-0.2, -0.15) is 0 Å². The molecule has 0 bridgehead atoms. The average molecular weight is 562 g/mol. The van der Waals surface area contributed by atoms with Crippen LogP contribution in [0, 0.1) is 48.7 Å². The summed E-state index contributed by atoms with van der Waals surface area (Å²) in [6, 6.07) is 3.14. The minimum Gasteiger partial charge on any atom is -0.395 e. The molecule has 1 unspecified atom stereocenters. The van der Waals surface area contributed by atoms with Gasteiger partial charge in [-0.05, 0) is 37.5 Å². The summed E-state index contributed by atoms with van der Waals surface area (Å²) < 4.78 is 26.7. The van der Waals surface area contributed by atoms with E-state index < -0.39 is 17.2 Å². The van der Waals surface area contributed by atoms with Gasteiger partial charge in [-0.3, -0.25) is 5.92 Å². The number of hydrogen-bond donors (Lipinski definition) is 1. The Balaban J connectivity index is 0.000000925. The number of likely N-dealkylation sites (tertiary alicyclic amines) is 1. The first-order valence-corrected chi connectivity index (χ1v) is 8.20. The third-order valence-electron chi connectivity index (χ3n) is 4.27. The summed E-state index contributed by atoms with van der Waals surface area (Å²) in [4.78, 5) is 14.1. The molecule has 0 aromatic heterocycles. The van der Waals surface area contributed by atoms with Gasteiger partial charge in [0.1, 0.15) is 11.6 Å². The molecule has 3 rings (SSSR count).